The molecule has 8 heteroatoms. The van der Waals surface area contributed by atoms with Crippen molar-refractivity contribution in [1.82, 2.24) is 0 Å². The van der Waals surface area contributed by atoms with E-state index in [9.17, 15) is 22.0 Å². The summed E-state index contributed by atoms with van der Waals surface area (Å²) in [6, 6.07) is 7.38. The summed E-state index contributed by atoms with van der Waals surface area (Å²) in [5.74, 6) is -2.02. The summed E-state index contributed by atoms with van der Waals surface area (Å²) in [7, 11) is -3.42. The van der Waals surface area contributed by atoms with Gasteiger partial charge in [-0.25, -0.2) is 17.2 Å². The highest BCUT2D eigenvalue weighted by Crippen LogP contribution is 2.28. The van der Waals surface area contributed by atoms with Crippen LogP contribution in [0.2, 0.25) is 0 Å². The molecular weight excluding hydrogens is 362 g/mol. The summed E-state index contributed by atoms with van der Waals surface area (Å²) in [6.45, 7) is 2.11. The Morgan fingerprint density at radius 1 is 1.12 bits per heavy atom. The van der Waals surface area contributed by atoms with E-state index in [1.807, 2.05) is 0 Å². The minimum Gasteiger partial charge on any atom is -0.319 e. The predicted molar refractivity (Wildman–Crippen MR) is 95.9 cm³/mol. The number of hydrogen-bond donors (Lipinski definition) is 1. The maximum atomic E-state index is 13.7. The molecule has 1 N–H and O–H groups in total. The third-order valence-electron chi connectivity index (χ3n) is 4.27. The van der Waals surface area contributed by atoms with E-state index in [-0.39, 0.29) is 17.0 Å². The molecule has 0 unspecified atom stereocenters. The van der Waals surface area contributed by atoms with Crippen LogP contribution in [0.4, 0.5) is 20.2 Å². The van der Waals surface area contributed by atoms with E-state index in [0.717, 1.165) is 24.6 Å². The zero-order valence-corrected chi connectivity index (χ0v) is 14.9. The molecule has 1 aliphatic heterocycles. The molecule has 2 aromatic rings. The van der Waals surface area contributed by atoms with Crippen LogP contribution >= 0.6 is 0 Å². The number of sulfonamides is 1. The number of rotatable bonds is 3. The summed E-state index contributed by atoms with van der Waals surface area (Å²) >= 11 is 0. The van der Waals surface area contributed by atoms with Gasteiger partial charge < -0.3 is 5.32 Å². The number of carbonyl (C=O) groups is 1. The summed E-state index contributed by atoms with van der Waals surface area (Å²) < 4.78 is 52.9. The highest BCUT2D eigenvalue weighted by Gasteiger charge is 2.27. The van der Waals surface area contributed by atoms with Crippen LogP contribution in [-0.4, -0.2) is 26.6 Å². The molecular formula is C18H18F2N2O3S. The van der Waals surface area contributed by atoms with Gasteiger partial charge in [0.1, 0.15) is 11.6 Å². The van der Waals surface area contributed by atoms with E-state index in [1.54, 1.807) is 13.0 Å². The number of hydrogen-bond acceptors (Lipinski definition) is 3. The first-order valence-corrected chi connectivity index (χ1v) is 9.76. The van der Waals surface area contributed by atoms with Gasteiger partial charge in [-0.05, 0) is 49.6 Å². The number of benzene rings is 2. The molecule has 2 aromatic carbocycles. The fourth-order valence-electron chi connectivity index (χ4n) is 2.87. The topological polar surface area (TPSA) is 66.5 Å². The van der Waals surface area contributed by atoms with Crippen molar-refractivity contribution < 1.29 is 22.0 Å². The van der Waals surface area contributed by atoms with Crippen molar-refractivity contribution in [3.8, 4) is 0 Å². The second-order valence-corrected chi connectivity index (χ2v) is 8.19. The predicted octanol–water partition coefficient (Wildman–Crippen LogP) is 3.46. The number of nitrogens with one attached hydrogen (secondary N) is 1. The molecule has 0 bridgehead atoms. The van der Waals surface area contributed by atoms with E-state index < -0.39 is 27.6 Å². The zero-order valence-electron chi connectivity index (χ0n) is 14.1. The molecule has 138 valence electrons. The number of nitrogens with zero attached hydrogens (tertiary/aromatic N) is 1. The molecule has 3 rings (SSSR count). The van der Waals surface area contributed by atoms with Gasteiger partial charge in [0.05, 0.1) is 17.1 Å². The molecule has 0 radical (unpaired) electrons. The Bertz CT molecular complexity index is 961. The van der Waals surface area contributed by atoms with E-state index in [4.69, 9.17) is 0 Å². The van der Waals surface area contributed by atoms with Crippen LogP contribution in [0.25, 0.3) is 0 Å². The molecule has 1 fully saturated rings. The number of aryl methyl sites for hydroxylation is 1. The fraction of sp³-hybridized carbons (Fsp3) is 0.278. The average Bonchev–Trinajstić information content (AvgIpc) is 2.58. The second kappa shape index (κ2) is 7.03. The van der Waals surface area contributed by atoms with Gasteiger partial charge >= 0.3 is 0 Å². The molecule has 0 atom stereocenters. The van der Waals surface area contributed by atoms with Crippen molar-refractivity contribution in [2.45, 2.75) is 19.8 Å². The number of amides is 1. The van der Waals surface area contributed by atoms with Crippen molar-refractivity contribution in [3.63, 3.8) is 0 Å². The van der Waals surface area contributed by atoms with Crippen LogP contribution in [-0.2, 0) is 10.0 Å². The molecule has 1 amide bonds. The van der Waals surface area contributed by atoms with E-state index in [1.165, 1.54) is 16.4 Å². The van der Waals surface area contributed by atoms with Crippen molar-refractivity contribution in [2.75, 3.05) is 21.9 Å². The standard InChI is InChI=1S/C18H18F2N2O3S/c1-12-4-5-13(10-17(12)22-8-2-3-9-26(22,24)25)18(23)21-16-11-14(19)6-7-15(16)20/h4-7,10-11H,2-3,8-9H2,1H3,(H,21,23). The first kappa shape index (κ1) is 18.3. The van der Waals surface area contributed by atoms with Crippen LogP contribution in [0.15, 0.2) is 36.4 Å². The molecule has 0 aromatic heterocycles. The fourth-order valence-corrected chi connectivity index (χ4v) is 4.56. The van der Waals surface area contributed by atoms with Gasteiger partial charge in [-0.1, -0.05) is 6.07 Å². The third kappa shape index (κ3) is 3.70. The van der Waals surface area contributed by atoms with Crippen molar-refractivity contribution in [2.24, 2.45) is 0 Å². The first-order valence-electron chi connectivity index (χ1n) is 8.15. The number of anilines is 2. The molecule has 0 spiro atoms. The monoisotopic (exact) mass is 380 g/mol. The van der Waals surface area contributed by atoms with Crippen molar-refractivity contribution >= 4 is 27.3 Å². The normalized spacial score (nSPS) is 16.3. The van der Waals surface area contributed by atoms with Crippen molar-refractivity contribution in [1.29, 1.82) is 0 Å². The second-order valence-electron chi connectivity index (χ2n) is 6.17. The smallest absolute Gasteiger partial charge is 0.255 e. The Hall–Kier alpha value is -2.48. The maximum Gasteiger partial charge on any atom is 0.255 e. The maximum absolute atomic E-state index is 13.7. The first-order chi connectivity index (χ1) is 12.3. The molecule has 0 aliphatic carbocycles. The largest absolute Gasteiger partial charge is 0.319 e. The lowest BCUT2D eigenvalue weighted by Gasteiger charge is -2.29. The summed E-state index contributed by atoms with van der Waals surface area (Å²) in [5, 5.41) is 2.32. The Labute approximate surface area is 150 Å². The van der Waals surface area contributed by atoms with E-state index in [2.05, 4.69) is 5.32 Å². The minimum absolute atomic E-state index is 0.0668. The summed E-state index contributed by atoms with van der Waals surface area (Å²) in [6.07, 6.45) is 1.35. The third-order valence-corrected chi connectivity index (χ3v) is 6.12. The highest BCUT2D eigenvalue weighted by molar-refractivity contribution is 7.92. The van der Waals surface area contributed by atoms with Crippen LogP contribution in [0, 0.1) is 18.6 Å². The molecule has 1 aliphatic rings. The summed E-state index contributed by atoms with van der Waals surface area (Å²) in [5.41, 5.74) is 1.03. The Morgan fingerprint density at radius 3 is 2.62 bits per heavy atom. The van der Waals surface area contributed by atoms with Gasteiger partial charge in [0.25, 0.3) is 5.91 Å². The van der Waals surface area contributed by atoms with Crippen LogP contribution in [0.1, 0.15) is 28.8 Å². The van der Waals surface area contributed by atoms with E-state index >= 15 is 0 Å². The van der Waals surface area contributed by atoms with Crippen LogP contribution in [0.5, 0.6) is 0 Å². The molecule has 1 saturated heterocycles. The zero-order chi connectivity index (χ0) is 18.9. The van der Waals surface area contributed by atoms with Gasteiger partial charge in [-0.3, -0.25) is 9.10 Å². The highest BCUT2D eigenvalue weighted by atomic mass is 32.2. The molecule has 1 heterocycles. The summed E-state index contributed by atoms with van der Waals surface area (Å²) in [4.78, 5) is 12.4. The van der Waals surface area contributed by atoms with E-state index in [0.29, 0.717) is 24.2 Å². The Balaban J connectivity index is 1.92. The lowest BCUT2D eigenvalue weighted by molar-refractivity contribution is 0.102. The number of halogens is 2. The lowest BCUT2D eigenvalue weighted by atomic mass is 10.1. The van der Waals surface area contributed by atoms with Crippen LogP contribution < -0.4 is 9.62 Å². The van der Waals surface area contributed by atoms with Gasteiger partial charge in [0.15, 0.2) is 0 Å². The molecule has 26 heavy (non-hydrogen) atoms. The van der Waals surface area contributed by atoms with Gasteiger partial charge in [0.2, 0.25) is 10.0 Å². The van der Waals surface area contributed by atoms with Gasteiger partial charge in [-0.15, -0.1) is 0 Å². The van der Waals surface area contributed by atoms with Crippen molar-refractivity contribution in [3.05, 3.63) is 59.2 Å². The van der Waals surface area contributed by atoms with Crippen LogP contribution in [0.3, 0.4) is 0 Å². The average molecular weight is 380 g/mol. The van der Waals surface area contributed by atoms with Gasteiger partial charge in [0, 0.05) is 18.2 Å². The Morgan fingerprint density at radius 2 is 1.88 bits per heavy atom. The minimum atomic E-state index is -3.42. The number of carbonyl (C=O) groups excluding carboxylic acids is 1. The molecule has 0 saturated carbocycles. The van der Waals surface area contributed by atoms with Gasteiger partial charge in [-0.2, -0.15) is 0 Å². The quantitative estimate of drug-likeness (QED) is 0.887. The molecule has 5 nitrogen and oxygen atoms in total. The Kier molecular flexibility index (Phi) is 4.95. The SMILES string of the molecule is Cc1ccc(C(=O)Nc2cc(F)ccc2F)cc1N1CCCCS1(=O)=O. The lowest BCUT2D eigenvalue weighted by Crippen LogP contribution is -2.38.